The number of Topliss-reactive ketones (excluding diaryl/α,β-unsaturated/α-hetero) is 1. The Balaban J connectivity index is 1.44. The van der Waals surface area contributed by atoms with Gasteiger partial charge in [0.1, 0.15) is 23.4 Å². The number of carbonyl (C=O) groups is 4. The lowest BCUT2D eigenvalue weighted by Crippen LogP contribution is -2.57. The van der Waals surface area contributed by atoms with E-state index in [0.717, 1.165) is 24.8 Å². The number of aliphatic hydroxyl groups excluding tert-OH is 1. The monoisotopic (exact) mass is 557 g/mol. The summed E-state index contributed by atoms with van der Waals surface area (Å²) in [5, 5.41) is 18.2. The number of hydrogen-bond acceptors (Lipinski definition) is 7. The number of carbonyl (C=O) groups excluding carboxylic acids is 4. The first-order valence-electron chi connectivity index (χ1n) is 14.5. The first-order chi connectivity index (χ1) is 19.1. The number of epoxide rings is 1. The molecule has 2 aliphatic carbocycles. The first kappa shape index (κ1) is 30.0. The van der Waals surface area contributed by atoms with Gasteiger partial charge in [-0.05, 0) is 69.6 Å². The van der Waals surface area contributed by atoms with Gasteiger partial charge in [0.05, 0.1) is 25.9 Å². The third-order valence-corrected chi connectivity index (χ3v) is 8.58. The zero-order chi connectivity index (χ0) is 28.9. The van der Waals surface area contributed by atoms with Crippen LogP contribution in [0, 0.1) is 11.8 Å². The Kier molecular flexibility index (Phi) is 9.84. The van der Waals surface area contributed by atoms with Crippen molar-refractivity contribution in [1.82, 2.24) is 16.0 Å². The maximum absolute atomic E-state index is 13.6. The van der Waals surface area contributed by atoms with Crippen molar-refractivity contribution >= 4 is 23.5 Å². The van der Waals surface area contributed by atoms with Crippen molar-refractivity contribution in [2.24, 2.45) is 11.8 Å². The van der Waals surface area contributed by atoms with E-state index in [1.165, 1.54) is 0 Å². The summed E-state index contributed by atoms with van der Waals surface area (Å²) in [4.78, 5) is 52.8. The van der Waals surface area contributed by atoms with E-state index in [2.05, 4.69) is 16.0 Å². The number of rotatable bonds is 13. The van der Waals surface area contributed by atoms with Crippen molar-refractivity contribution in [2.45, 2.75) is 101 Å². The molecule has 4 atom stereocenters. The Morgan fingerprint density at radius 1 is 0.975 bits per heavy atom. The molecule has 0 spiro atoms. The van der Waals surface area contributed by atoms with E-state index in [1.54, 1.807) is 33.1 Å². The van der Waals surface area contributed by atoms with Crippen LogP contribution in [0.2, 0.25) is 0 Å². The Morgan fingerprint density at radius 2 is 1.60 bits per heavy atom. The van der Waals surface area contributed by atoms with Gasteiger partial charge < -0.3 is 30.5 Å². The molecule has 1 heterocycles. The summed E-state index contributed by atoms with van der Waals surface area (Å²) in [6.45, 7) is 3.66. The second-order valence-corrected chi connectivity index (χ2v) is 11.8. The van der Waals surface area contributed by atoms with Crippen LogP contribution in [-0.4, -0.2) is 72.2 Å². The quantitative estimate of drug-likeness (QED) is 0.271. The van der Waals surface area contributed by atoms with Crippen LogP contribution < -0.4 is 20.7 Å². The molecular weight excluding hydrogens is 514 g/mol. The molecule has 3 amide bonds. The zero-order valence-corrected chi connectivity index (χ0v) is 23.7. The topological polar surface area (TPSA) is 146 Å². The number of ether oxygens (including phenoxy) is 2. The molecule has 1 aromatic rings. The first-order valence-corrected chi connectivity index (χ1v) is 14.5. The maximum Gasteiger partial charge on any atom is 0.243 e. The van der Waals surface area contributed by atoms with Gasteiger partial charge in [0, 0.05) is 12.3 Å². The van der Waals surface area contributed by atoms with Gasteiger partial charge >= 0.3 is 0 Å². The number of nitrogens with one attached hydrogen (secondary N) is 3. The number of aliphatic hydroxyl groups is 1. The van der Waals surface area contributed by atoms with Crippen molar-refractivity contribution in [3.05, 3.63) is 29.8 Å². The lowest BCUT2D eigenvalue weighted by atomic mass is 9.79. The van der Waals surface area contributed by atoms with E-state index in [9.17, 15) is 24.3 Å². The molecule has 4 rings (SSSR count). The molecular formula is C30H43N3O7. The zero-order valence-electron chi connectivity index (χ0n) is 23.7. The van der Waals surface area contributed by atoms with Crippen LogP contribution in [0.15, 0.2) is 24.3 Å². The van der Waals surface area contributed by atoms with E-state index < -0.39 is 35.5 Å². The second-order valence-electron chi connectivity index (χ2n) is 11.8. The van der Waals surface area contributed by atoms with Crippen LogP contribution in [0.25, 0.3) is 0 Å². The lowest BCUT2D eigenvalue weighted by molar-refractivity contribution is -0.135. The SMILES string of the molecule is COc1ccc(C[C@H](NC(=O)[C@@H](C)NC(=O)[C@H]2CC[C@H](O)CC2)C(=O)N[C@@H](CC2CCC2)C(=O)[C@@]2(C)CO2)cc1. The molecule has 3 fully saturated rings. The van der Waals surface area contributed by atoms with E-state index in [4.69, 9.17) is 9.47 Å². The van der Waals surface area contributed by atoms with Crippen LogP contribution in [0.4, 0.5) is 0 Å². The molecule has 10 heteroatoms. The van der Waals surface area contributed by atoms with E-state index in [1.807, 2.05) is 12.1 Å². The van der Waals surface area contributed by atoms with Crippen LogP contribution in [0.1, 0.15) is 70.8 Å². The standard InChI is InChI=1S/C30H43N3O7/c1-18(31-28(37)21-9-11-22(34)12-10-21)27(36)33-25(16-20-7-13-23(39-3)14-8-20)29(38)32-24(15-19-5-4-6-19)26(35)30(2)17-40-30/h7-8,13-14,18-19,21-22,24-25,34H,4-6,9-12,15-17H2,1-3H3,(H,31,37)(H,32,38)(H,33,36)/t18-,21-,22-,24+,25+,30-/m1/s1. The Bertz CT molecular complexity index is 1060. The minimum atomic E-state index is -0.963. The number of methoxy groups -OCH3 is 1. The highest BCUT2D eigenvalue weighted by Crippen LogP contribution is 2.34. The fraction of sp³-hybridized carbons (Fsp3) is 0.667. The number of benzene rings is 1. The van der Waals surface area contributed by atoms with Crippen LogP contribution >= 0.6 is 0 Å². The van der Waals surface area contributed by atoms with Crippen molar-refractivity contribution in [1.29, 1.82) is 0 Å². The molecule has 0 radical (unpaired) electrons. The molecule has 40 heavy (non-hydrogen) atoms. The summed E-state index contributed by atoms with van der Waals surface area (Å²) in [5.41, 5.74) is -0.0669. The summed E-state index contributed by atoms with van der Waals surface area (Å²) < 4.78 is 10.6. The van der Waals surface area contributed by atoms with Crippen LogP contribution in [-0.2, 0) is 30.3 Å². The molecule has 1 aliphatic heterocycles. The third kappa shape index (κ3) is 7.81. The minimum Gasteiger partial charge on any atom is -0.497 e. The van der Waals surface area contributed by atoms with Crippen LogP contribution in [0.3, 0.4) is 0 Å². The molecule has 0 aromatic heterocycles. The van der Waals surface area contributed by atoms with Gasteiger partial charge in [-0.2, -0.15) is 0 Å². The van der Waals surface area contributed by atoms with Gasteiger partial charge in [-0.1, -0.05) is 31.4 Å². The minimum absolute atomic E-state index is 0.138. The molecule has 0 bridgehead atoms. The van der Waals surface area contributed by atoms with Gasteiger partial charge in [0.15, 0.2) is 5.78 Å². The smallest absolute Gasteiger partial charge is 0.243 e. The van der Waals surface area contributed by atoms with Gasteiger partial charge in [-0.25, -0.2) is 0 Å². The predicted molar refractivity (Wildman–Crippen MR) is 147 cm³/mol. The summed E-state index contributed by atoms with van der Waals surface area (Å²) in [5.74, 6) is -0.508. The van der Waals surface area contributed by atoms with Crippen LogP contribution in [0.5, 0.6) is 5.75 Å². The molecule has 10 nitrogen and oxygen atoms in total. The molecule has 1 aromatic carbocycles. The highest BCUT2D eigenvalue weighted by molar-refractivity contribution is 5.98. The molecule has 2 saturated carbocycles. The largest absolute Gasteiger partial charge is 0.497 e. The average Bonchev–Trinajstić information content (AvgIpc) is 3.67. The Morgan fingerprint density at radius 3 is 2.15 bits per heavy atom. The van der Waals surface area contributed by atoms with E-state index in [0.29, 0.717) is 50.4 Å². The van der Waals surface area contributed by atoms with Gasteiger partial charge in [0.2, 0.25) is 17.7 Å². The van der Waals surface area contributed by atoms with Gasteiger partial charge in [-0.15, -0.1) is 0 Å². The predicted octanol–water partition coefficient (Wildman–Crippen LogP) is 1.81. The van der Waals surface area contributed by atoms with Crippen molar-refractivity contribution < 1.29 is 33.8 Å². The van der Waals surface area contributed by atoms with Gasteiger partial charge in [-0.3, -0.25) is 19.2 Å². The van der Waals surface area contributed by atoms with Crippen molar-refractivity contribution in [2.75, 3.05) is 13.7 Å². The third-order valence-electron chi connectivity index (χ3n) is 8.58. The van der Waals surface area contributed by atoms with Gasteiger partial charge in [0.25, 0.3) is 0 Å². The second kappa shape index (κ2) is 13.1. The Hall–Kier alpha value is -2.98. The summed E-state index contributed by atoms with van der Waals surface area (Å²) in [7, 11) is 1.57. The Labute approximate surface area is 235 Å². The highest BCUT2D eigenvalue weighted by atomic mass is 16.6. The summed E-state index contributed by atoms with van der Waals surface area (Å²) in [6, 6.07) is 4.69. The fourth-order valence-electron chi connectivity index (χ4n) is 5.42. The molecule has 0 unspecified atom stereocenters. The normalized spacial score (nSPS) is 26.4. The molecule has 4 N–H and O–H groups in total. The molecule has 3 aliphatic rings. The van der Waals surface area contributed by atoms with Crippen molar-refractivity contribution in [3.63, 3.8) is 0 Å². The highest BCUT2D eigenvalue weighted by Gasteiger charge is 2.50. The van der Waals surface area contributed by atoms with E-state index >= 15 is 0 Å². The fourth-order valence-corrected chi connectivity index (χ4v) is 5.42. The number of amides is 3. The number of hydrogen-bond donors (Lipinski definition) is 4. The average molecular weight is 558 g/mol. The number of ketones is 1. The van der Waals surface area contributed by atoms with E-state index in [-0.39, 0.29) is 30.1 Å². The van der Waals surface area contributed by atoms with Crippen molar-refractivity contribution in [3.8, 4) is 5.75 Å². The lowest BCUT2D eigenvalue weighted by Gasteiger charge is -2.31. The molecule has 1 saturated heterocycles. The molecule has 220 valence electrons. The maximum atomic E-state index is 13.6. The summed E-state index contributed by atoms with van der Waals surface area (Å²) >= 11 is 0. The summed E-state index contributed by atoms with van der Waals surface area (Å²) in [6.07, 6.45) is 5.81.